The third-order valence-corrected chi connectivity index (χ3v) is 1.81. The fourth-order valence-electron chi connectivity index (χ4n) is 1.19. The minimum atomic E-state index is -0.144. The molecule has 0 aromatic rings. The molecule has 0 saturated heterocycles. The molecule has 0 aromatic carbocycles. The molecule has 0 fully saturated rings. The lowest BCUT2D eigenvalue weighted by atomic mass is 10.0. The van der Waals surface area contributed by atoms with Crippen molar-refractivity contribution in [3.8, 4) is 0 Å². The van der Waals surface area contributed by atoms with Gasteiger partial charge >= 0.3 is 0 Å². The van der Waals surface area contributed by atoms with Crippen LogP contribution < -0.4 is 0 Å². The topological polar surface area (TPSA) is 49.7 Å². The molecule has 3 heteroatoms. The van der Waals surface area contributed by atoms with Crippen molar-refractivity contribution in [2.75, 3.05) is 19.8 Å². The summed E-state index contributed by atoms with van der Waals surface area (Å²) >= 11 is 0. The predicted molar refractivity (Wildman–Crippen MR) is 51.4 cm³/mol. The van der Waals surface area contributed by atoms with E-state index in [-0.39, 0.29) is 25.2 Å². The molecule has 0 aliphatic rings. The quantitative estimate of drug-likeness (QED) is 0.576. The molecule has 0 bridgehead atoms. The summed E-state index contributed by atoms with van der Waals surface area (Å²) in [4.78, 5) is 0. The number of hydrogen-bond acceptors (Lipinski definition) is 3. The Hall–Kier alpha value is -0.600. The summed E-state index contributed by atoms with van der Waals surface area (Å²) in [7, 11) is 0. The van der Waals surface area contributed by atoms with Crippen LogP contribution in [0.2, 0.25) is 0 Å². The average molecular weight is 186 g/mol. The first-order valence-electron chi connectivity index (χ1n) is 4.49. The van der Waals surface area contributed by atoms with Gasteiger partial charge < -0.3 is 14.9 Å². The smallest absolute Gasteiger partial charge is 0.0687 e. The highest BCUT2D eigenvalue weighted by atomic mass is 16.5. The van der Waals surface area contributed by atoms with Crippen molar-refractivity contribution >= 4 is 0 Å². The first-order valence-corrected chi connectivity index (χ1v) is 4.49. The molecule has 0 radical (unpaired) electrons. The van der Waals surface area contributed by atoms with Crippen LogP contribution in [0.3, 0.4) is 0 Å². The Kier molecular flexibility index (Phi) is 7.65. The van der Waals surface area contributed by atoms with Gasteiger partial charge in [-0.05, 0) is 19.4 Å². The van der Waals surface area contributed by atoms with Crippen molar-refractivity contribution in [3.05, 3.63) is 18.4 Å². The van der Waals surface area contributed by atoms with Gasteiger partial charge in [0.1, 0.15) is 0 Å². The molecule has 0 heterocycles. The first-order chi connectivity index (χ1) is 6.29. The van der Waals surface area contributed by atoms with Crippen LogP contribution >= 0.6 is 0 Å². The van der Waals surface area contributed by atoms with Gasteiger partial charge in [-0.2, -0.15) is 0 Å². The van der Waals surface area contributed by atoms with Gasteiger partial charge in [-0.1, -0.05) is 6.58 Å². The van der Waals surface area contributed by atoms with E-state index >= 15 is 0 Å². The van der Waals surface area contributed by atoms with E-state index in [0.29, 0.717) is 13.0 Å². The maximum Gasteiger partial charge on any atom is 0.0687 e. The van der Waals surface area contributed by atoms with E-state index in [1.165, 1.54) is 0 Å². The molecular formula is C10H18O3. The Morgan fingerprint density at radius 3 is 2.62 bits per heavy atom. The maximum atomic E-state index is 9.02. The molecule has 76 valence electrons. The minimum Gasteiger partial charge on any atom is -0.396 e. The van der Waals surface area contributed by atoms with Crippen LogP contribution in [0.25, 0.3) is 0 Å². The first kappa shape index (κ1) is 12.4. The van der Waals surface area contributed by atoms with Crippen LogP contribution in [0.5, 0.6) is 0 Å². The Balaban J connectivity index is 4.18. The molecule has 2 N–H and O–H groups in total. The second kappa shape index (κ2) is 8.02. The fraction of sp³-hybridized carbons (Fsp3) is 0.700. The summed E-state index contributed by atoms with van der Waals surface area (Å²) in [6, 6.07) is 0. The molecule has 0 aliphatic carbocycles. The maximum absolute atomic E-state index is 9.02. The highest BCUT2D eigenvalue weighted by Gasteiger charge is 2.17. The predicted octanol–water partition coefficient (Wildman–Crippen LogP) is 0.723. The van der Waals surface area contributed by atoms with E-state index in [0.717, 1.165) is 0 Å². The molecule has 0 spiro atoms. The number of aliphatic hydroxyl groups excluding tert-OH is 2. The summed E-state index contributed by atoms with van der Waals surface area (Å²) in [5.74, 6) is -0.121. The lowest BCUT2D eigenvalue weighted by Crippen LogP contribution is -2.26. The van der Waals surface area contributed by atoms with Crippen LogP contribution in [-0.2, 0) is 4.74 Å². The van der Waals surface area contributed by atoms with Crippen molar-refractivity contribution in [2.45, 2.75) is 19.4 Å². The van der Waals surface area contributed by atoms with E-state index in [1.54, 1.807) is 6.08 Å². The van der Waals surface area contributed by atoms with Gasteiger partial charge in [-0.25, -0.2) is 0 Å². The van der Waals surface area contributed by atoms with Crippen molar-refractivity contribution < 1.29 is 14.9 Å². The van der Waals surface area contributed by atoms with Crippen molar-refractivity contribution in [2.24, 2.45) is 5.92 Å². The molecule has 13 heavy (non-hydrogen) atoms. The van der Waals surface area contributed by atoms with E-state index < -0.39 is 0 Å². The molecule has 3 nitrogen and oxygen atoms in total. The number of hydrogen-bond donors (Lipinski definition) is 2. The zero-order valence-corrected chi connectivity index (χ0v) is 8.07. The fourth-order valence-corrected chi connectivity index (χ4v) is 1.19. The van der Waals surface area contributed by atoms with E-state index in [4.69, 9.17) is 14.9 Å². The van der Waals surface area contributed by atoms with Crippen molar-refractivity contribution in [3.63, 3.8) is 0 Å². The summed E-state index contributed by atoms with van der Waals surface area (Å²) < 4.78 is 5.37. The summed E-state index contributed by atoms with van der Waals surface area (Å²) in [5.41, 5.74) is 2.62. The van der Waals surface area contributed by atoms with Gasteiger partial charge in [0.05, 0.1) is 12.7 Å². The number of ether oxygens (including phenoxy) is 1. The lowest BCUT2D eigenvalue weighted by Gasteiger charge is -2.21. The molecule has 0 amide bonds. The van der Waals surface area contributed by atoms with E-state index in [9.17, 15) is 0 Å². The molecule has 2 atom stereocenters. The molecule has 0 aromatic heterocycles. The van der Waals surface area contributed by atoms with E-state index in [2.05, 4.69) is 12.3 Å². The normalized spacial score (nSPS) is 14.7. The Labute approximate surface area is 79.3 Å². The van der Waals surface area contributed by atoms with Gasteiger partial charge in [-0.15, -0.1) is 5.73 Å². The largest absolute Gasteiger partial charge is 0.396 e. The second-order valence-electron chi connectivity index (χ2n) is 2.72. The Morgan fingerprint density at radius 1 is 1.54 bits per heavy atom. The molecule has 0 rings (SSSR count). The van der Waals surface area contributed by atoms with Crippen molar-refractivity contribution in [1.82, 2.24) is 0 Å². The van der Waals surface area contributed by atoms with Crippen LogP contribution in [-0.4, -0.2) is 36.1 Å². The van der Waals surface area contributed by atoms with Crippen LogP contribution in [0, 0.1) is 5.92 Å². The van der Waals surface area contributed by atoms with Gasteiger partial charge in [0.25, 0.3) is 0 Å². The zero-order valence-electron chi connectivity index (χ0n) is 8.07. The summed E-state index contributed by atoms with van der Waals surface area (Å²) in [5, 5.41) is 17.8. The third kappa shape index (κ3) is 4.86. The minimum absolute atomic E-state index is 0.00676. The van der Waals surface area contributed by atoms with Gasteiger partial charge in [0.2, 0.25) is 0 Å². The monoisotopic (exact) mass is 186 g/mol. The number of aliphatic hydroxyl groups is 2. The van der Waals surface area contributed by atoms with Gasteiger partial charge in [0, 0.05) is 19.1 Å². The van der Waals surface area contributed by atoms with Crippen LogP contribution in [0.4, 0.5) is 0 Å². The SMILES string of the molecule is C=C=CC(CO)C(CCO)OCC. The standard InChI is InChI=1S/C10H18O3/c1-3-5-9(8-12)10(6-7-11)13-4-2/h5,9-12H,1,4,6-8H2,2H3. The Morgan fingerprint density at radius 2 is 2.23 bits per heavy atom. The lowest BCUT2D eigenvalue weighted by molar-refractivity contribution is 0.00183. The molecule has 0 saturated carbocycles. The second-order valence-corrected chi connectivity index (χ2v) is 2.72. The summed E-state index contributed by atoms with van der Waals surface area (Å²) in [6.07, 6.45) is 2.06. The van der Waals surface area contributed by atoms with E-state index in [1.807, 2.05) is 6.92 Å². The highest BCUT2D eigenvalue weighted by Crippen LogP contribution is 2.12. The average Bonchev–Trinajstić information content (AvgIpc) is 2.14. The van der Waals surface area contributed by atoms with Gasteiger partial charge in [-0.3, -0.25) is 0 Å². The molecular weight excluding hydrogens is 168 g/mol. The van der Waals surface area contributed by atoms with Crippen LogP contribution in [0.15, 0.2) is 18.4 Å². The summed E-state index contributed by atoms with van der Waals surface area (Å²) in [6.45, 7) is 5.96. The molecule has 2 unspecified atom stereocenters. The Bertz CT molecular complexity index is 156. The zero-order chi connectivity index (χ0) is 10.1. The molecule has 0 aliphatic heterocycles. The highest BCUT2D eigenvalue weighted by molar-refractivity contribution is 4.89. The van der Waals surface area contributed by atoms with Crippen LogP contribution in [0.1, 0.15) is 13.3 Å². The number of rotatable bonds is 7. The van der Waals surface area contributed by atoms with Gasteiger partial charge in [0.15, 0.2) is 0 Å². The van der Waals surface area contributed by atoms with Crippen molar-refractivity contribution in [1.29, 1.82) is 0 Å². The third-order valence-electron chi connectivity index (χ3n) is 1.81.